The van der Waals surface area contributed by atoms with Crippen LogP contribution < -0.4 is 0 Å². The summed E-state index contributed by atoms with van der Waals surface area (Å²) in [6.45, 7) is 2.47. The van der Waals surface area contributed by atoms with E-state index in [-0.39, 0.29) is 6.54 Å². The average molecular weight is 199 g/mol. The Hall–Kier alpha value is -0.570. The molecule has 0 aromatic rings. The summed E-state index contributed by atoms with van der Waals surface area (Å²) in [5.41, 5.74) is 0. The van der Waals surface area contributed by atoms with Gasteiger partial charge in [0.25, 0.3) is 0 Å². The molecule has 3 nitrogen and oxygen atoms in total. The van der Waals surface area contributed by atoms with Crippen molar-refractivity contribution >= 4 is 5.97 Å². The van der Waals surface area contributed by atoms with E-state index in [0.717, 1.165) is 18.8 Å². The third-order valence-corrected chi connectivity index (χ3v) is 3.23. The van der Waals surface area contributed by atoms with Crippen LogP contribution in [0.15, 0.2) is 0 Å². The summed E-state index contributed by atoms with van der Waals surface area (Å²) in [4.78, 5) is 12.5. The summed E-state index contributed by atoms with van der Waals surface area (Å²) in [6, 6.07) is 0.482. The molecule has 1 N–H and O–H groups in total. The maximum Gasteiger partial charge on any atom is 0.317 e. The fraction of sp³-hybridized carbons (Fsp3) is 0.909. The number of aliphatic carboxylic acids is 1. The average Bonchev–Trinajstić information content (AvgIpc) is 2.28. The molecular weight excluding hydrogens is 178 g/mol. The van der Waals surface area contributed by atoms with Crippen LogP contribution in [-0.4, -0.2) is 35.6 Å². The molecule has 14 heavy (non-hydrogen) atoms. The molecule has 0 radical (unpaired) electrons. The maximum absolute atomic E-state index is 10.6. The number of likely N-dealkylation sites (N-methyl/N-ethyl adjacent to an activating group) is 1. The van der Waals surface area contributed by atoms with E-state index in [9.17, 15) is 4.79 Å². The zero-order valence-corrected chi connectivity index (χ0v) is 9.20. The SMILES string of the molecule is CC1CCCC(N(C)CC(=O)O)CC1. The Morgan fingerprint density at radius 2 is 2.07 bits per heavy atom. The molecule has 1 aliphatic carbocycles. The lowest BCUT2D eigenvalue weighted by Gasteiger charge is -2.25. The summed E-state index contributed by atoms with van der Waals surface area (Å²) in [5.74, 6) is 0.100. The van der Waals surface area contributed by atoms with Crippen LogP contribution in [-0.2, 0) is 4.79 Å². The lowest BCUT2D eigenvalue weighted by molar-refractivity contribution is -0.138. The first kappa shape index (κ1) is 11.5. The van der Waals surface area contributed by atoms with E-state index in [1.807, 2.05) is 11.9 Å². The summed E-state index contributed by atoms with van der Waals surface area (Å²) in [7, 11) is 1.93. The van der Waals surface area contributed by atoms with Crippen molar-refractivity contribution in [1.29, 1.82) is 0 Å². The number of nitrogens with zero attached hydrogens (tertiary/aromatic N) is 1. The van der Waals surface area contributed by atoms with Gasteiger partial charge in [0, 0.05) is 6.04 Å². The Morgan fingerprint density at radius 1 is 1.36 bits per heavy atom. The van der Waals surface area contributed by atoms with Crippen molar-refractivity contribution in [2.45, 2.75) is 45.1 Å². The van der Waals surface area contributed by atoms with Crippen LogP contribution in [0.1, 0.15) is 39.0 Å². The van der Waals surface area contributed by atoms with E-state index in [2.05, 4.69) is 6.92 Å². The summed E-state index contributed by atoms with van der Waals surface area (Å²) < 4.78 is 0. The van der Waals surface area contributed by atoms with E-state index in [0.29, 0.717) is 6.04 Å². The van der Waals surface area contributed by atoms with Crippen molar-refractivity contribution in [3.8, 4) is 0 Å². The van der Waals surface area contributed by atoms with Gasteiger partial charge in [0.2, 0.25) is 0 Å². The third kappa shape index (κ3) is 3.66. The molecule has 0 aliphatic heterocycles. The molecule has 0 aromatic heterocycles. The second kappa shape index (κ2) is 5.35. The molecule has 1 fully saturated rings. The van der Waals surface area contributed by atoms with E-state index in [1.165, 1.54) is 19.3 Å². The molecular formula is C11H21NO2. The molecule has 0 aromatic carbocycles. The molecule has 1 rings (SSSR count). The lowest BCUT2D eigenvalue weighted by Crippen LogP contribution is -2.35. The van der Waals surface area contributed by atoms with Crippen molar-refractivity contribution in [2.24, 2.45) is 5.92 Å². The molecule has 0 amide bonds. The molecule has 2 atom stereocenters. The number of hydrogen-bond donors (Lipinski definition) is 1. The predicted molar refractivity (Wildman–Crippen MR) is 56.3 cm³/mol. The minimum absolute atomic E-state index is 0.180. The first-order valence-electron chi connectivity index (χ1n) is 5.51. The highest BCUT2D eigenvalue weighted by atomic mass is 16.4. The number of carboxylic acid groups (broad SMARTS) is 1. The number of carboxylic acids is 1. The molecule has 0 heterocycles. The number of hydrogen-bond acceptors (Lipinski definition) is 2. The van der Waals surface area contributed by atoms with Crippen LogP contribution in [0.2, 0.25) is 0 Å². The number of rotatable bonds is 3. The van der Waals surface area contributed by atoms with Crippen molar-refractivity contribution in [3.63, 3.8) is 0 Å². The second-order valence-electron chi connectivity index (χ2n) is 4.58. The van der Waals surface area contributed by atoms with Crippen molar-refractivity contribution in [2.75, 3.05) is 13.6 Å². The highest BCUT2D eigenvalue weighted by Gasteiger charge is 2.20. The molecule has 82 valence electrons. The van der Waals surface area contributed by atoms with E-state index in [4.69, 9.17) is 5.11 Å². The quantitative estimate of drug-likeness (QED) is 0.706. The van der Waals surface area contributed by atoms with Crippen LogP contribution >= 0.6 is 0 Å². The molecule has 0 saturated heterocycles. The van der Waals surface area contributed by atoms with E-state index < -0.39 is 5.97 Å². The van der Waals surface area contributed by atoms with Crippen molar-refractivity contribution < 1.29 is 9.90 Å². The molecule has 3 heteroatoms. The zero-order valence-electron chi connectivity index (χ0n) is 9.20. The molecule has 1 aliphatic rings. The van der Waals surface area contributed by atoms with Crippen LogP contribution in [0.4, 0.5) is 0 Å². The minimum atomic E-state index is -0.718. The van der Waals surface area contributed by atoms with Crippen molar-refractivity contribution in [3.05, 3.63) is 0 Å². The monoisotopic (exact) mass is 199 g/mol. The summed E-state index contributed by atoms with van der Waals surface area (Å²) in [5, 5.41) is 8.70. The Balaban J connectivity index is 2.38. The fourth-order valence-electron chi connectivity index (χ4n) is 2.25. The highest BCUT2D eigenvalue weighted by molar-refractivity contribution is 5.69. The molecule has 0 spiro atoms. The normalized spacial score (nSPS) is 28.8. The van der Waals surface area contributed by atoms with Crippen LogP contribution in [0.5, 0.6) is 0 Å². The van der Waals surface area contributed by atoms with E-state index in [1.54, 1.807) is 0 Å². The summed E-state index contributed by atoms with van der Waals surface area (Å²) in [6.07, 6.45) is 6.11. The lowest BCUT2D eigenvalue weighted by atomic mass is 10.0. The predicted octanol–water partition coefficient (Wildman–Crippen LogP) is 1.97. The third-order valence-electron chi connectivity index (χ3n) is 3.23. The Bertz CT molecular complexity index is 194. The van der Waals surface area contributed by atoms with Crippen LogP contribution in [0.3, 0.4) is 0 Å². The van der Waals surface area contributed by atoms with Gasteiger partial charge in [-0.2, -0.15) is 0 Å². The largest absolute Gasteiger partial charge is 0.480 e. The van der Waals surface area contributed by atoms with Gasteiger partial charge in [-0.1, -0.05) is 19.8 Å². The Morgan fingerprint density at radius 3 is 2.71 bits per heavy atom. The van der Waals surface area contributed by atoms with Crippen LogP contribution in [0, 0.1) is 5.92 Å². The van der Waals surface area contributed by atoms with Gasteiger partial charge in [-0.25, -0.2) is 0 Å². The fourth-order valence-corrected chi connectivity index (χ4v) is 2.25. The van der Waals surface area contributed by atoms with Gasteiger partial charge < -0.3 is 5.11 Å². The van der Waals surface area contributed by atoms with Gasteiger partial charge in [0.15, 0.2) is 0 Å². The topological polar surface area (TPSA) is 40.5 Å². The first-order chi connectivity index (χ1) is 6.59. The Kier molecular flexibility index (Phi) is 4.39. The second-order valence-corrected chi connectivity index (χ2v) is 4.58. The van der Waals surface area contributed by atoms with Gasteiger partial charge in [-0.15, -0.1) is 0 Å². The smallest absolute Gasteiger partial charge is 0.317 e. The van der Waals surface area contributed by atoms with Crippen molar-refractivity contribution in [1.82, 2.24) is 4.90 Å². The first-order valence-corrected chi connectivity index (χ1v) is 5.51. The van der Waals surface area contributed by atoms with Gasteiger partial charge in [0.05, 0.1) is 6.54 Å². The Labute approximate surface area is 86.1 Å². The molecule has 2 unspecified atom stereocenters. The van der Waals surface area contributed by atoms with Gasteiger partial charge in [-0.3, -0.25) is 9.69 Å². The summed E-state index contributed by atoms with van der Waals surface area (Å²) >= 11 is 0. The van der Waals surface area contributed by atoms with Crippen LogP contribution in [0.25, 0.3) is 0 Å². The van der Waals surface area contributed by atoms with E-state index >= 15 is 0 Å². The highest BCUT2D eigenvalue weighted by Crippen LogP contribution is 2.24. The minimum Gasteiger partial charge on any atom is -0.480 e. The van der Waals surface area contributed by atoms with Gasteiger partial charge in [-0.05, 0) is 32.2 Å². The molecule has 1 saturated carbocycles. The number of carbonyl (C=O) groups is 1. The van der Waals surface area contributed by atoms with Gasteiger partial charge in [0.1, 0.15) is 0 Å². The maximum atomic E-state index is 10.6. The van der Waals surface area contributed by atoms with Gasteiger partial charge >= 0.3 is 5.97 Å². The standard InChI is InChI=1S/C11H21NO2/c1-9-4-3-5-10(7-6-9)12(2)8-11(13)14/h9-10H,3-8H2,1-2H3,(H,13,14). The zero-order chi connectivity index (χ0) is 10.6. The molecule has 0 bridgehead atoms.